The monoisotopic (exact) mass is 441 g/mol. The molecule has 0 aliphatic heterocycles. The van der Waals surface area contributed by atoms with E-state index in [1.54, 1.807) is 36.4 Å². The molecule has 2 aliphatic rings. The van der Waals surface area contributed by atoms with Crippen molar-refractivity contribution in [1.82, 2.24) is 0 Å². The lowest BCUT2D eigenvalue weighted by Crippen LogP contribution is -2.32. The Labute approximate surface area is 190 Å². The van der Waals surface area contributed by atoms with Crippen molar-refractivity contribution >= 4 is 29.1 Å². The van der Waals surface area contributed by atoms with Crippen LogP contribution in [0.1, 0.15) is 40.7 Å². The zero-order valence-corrected chi connectivity index (χ0v) is 18.5. The second-order valence-corrected chi connectivity index (χ2v) is 8.73. The lowest BCUT2D eigenvalue weighted by molar-refractivity contribution is -0.140. The van der Waals surface area contributed by atoms with Crippen molar-refractivity contribution < 1.29 is 18.7 Å². The minimum absolute atomic E-state index is 0.0377. The summed E-state index contributed by atoms with van der Waals surface area (Å²) in [6.45, 7) is 2.06. The Hall–Kier alpha value is -3.73. The molecule has 0 heterocycles. The summed E-state index contributed by atoms with van der Waals surface area (Å²) in [4.78, 5) is 26.3. The van der Waals surface area contributed by atoms with E-state index in [1.807, 2.05) is 18.2 Å². The third-order valence-corrected chi connectivity index (χ3v) is 6.83. The highest BCUT2D eigenvalue weighted by atomic mass is 19.1. The molecule has 0 bridgehead atoms. The number of hydrogen-bond acceptors (Lipinski definition) is 4. The van der Waals surface area contributed by atoms with Gasteiger partial charge < -0.3 is 10.5 Å². The van der Waals surface area contributed by atoms with Gasteiger partial charge in [0.05, 0.1) is 7.11 Å². The molecule has 0 aromatic heterocycles. The van der Waals surface area contributed by atoms with E-state index in [-0.39, 0.29) is 17.5 Å². The van der Waals surface area contributed by atoms with E-state index in [2.05, 4.69) is 6.92 Å². The van der Waals surface area contributed by atoms with Gasteiger partial charge in [-0.15, -0.1) is 0 Å². The molecule has 0 amide bonds. The molecule has 2 N–H and O–H groups in total. The quantitative estimate of drug-likeness (QED) is 0.385. The summed E-state index contributed by atoms with van der Waals surface area (Å²) in [6, 6.07) is 15.7. The molecule has 0 saturated heterocycles. The predicted octanol–water partition coefficient (Wildman–Crippen LogP) is 3.36. The Morgan fingerprint density at radius 1 is 1.00 bits per heavy atom. The zero-order valence-electron chi connectivity index (χ0n) is 18.5. The van der Waals surface area contributed by atoms with E-state index in [4.69, 9.17) is 10.5 Å². The molecule has 5 heteroatoms. The summed E-state index contributed by atoms with van der Waals surface area (Å²) in [5.74, 6) is -1.52. The van der Waals surface area contributed by atoms with Crippen LogP contribution in [0.3, 0.4) is 0 Å². The number of nitrogens with two attached hydrogens (primary N) is 1. The zero-order chi connectivity index (χ0) is 23.3. The number of esters is 1. The molecule has 3 aromatic rings. The Balaban J connectivity index is 1.87. The summed E-state index contributed by atoms with van der Waals surface area (Å²) in [5, 5.41) is 2.83. The highest BCUT2D eigenvalue weighted by Gasteiger charge is 2.31. The van der Waals surface area contributed by atoms with Gasteiger partial charge in [0.15, 0.2) is 5.78 Å². The van der Waals surface area contributed by atoms with Crippen molar-refractivity contribution in [2.75, 3.05) is 12.8 Å². The first-order valence-electron chi connectivity index (χ1n) is 11.1. The number of carbonyl (C=O) groups is 2. The van der Waals surface area contributed by atoms with E-state index in [1.165, 1.54) is 13.2 Å². The van der Waals surface area contributed by atoms with Gasteiger partial charge in [-0.25, -0.2) is 4.39 Å². The Kier molecular flexibility index (Phi) is 5.12. The largest absolute Gasteiger partial charge is 0.468 e. The molecular formula is C28H24FNO3. The summed E-state index contributed by atoms with van der Waals surface area (Å²) >= 11 is 0. The summed E-state index contributed by atoms with van der Waals surface area (Å²) < 4.78 is 19.7. The average Bonchev–Trinajstić information content (AvgIpc) is 2.83. The number of benzene rings is 3. The van der Waals surface area contributed by atoms with Crippen LogP contribution >= 0.6 is 0 Å². The van der Waals surface area contributed by atoms with Crippen LogP contribution in [0, 0.1) is 22.2 Å². The van der Waals surface area contributed by atoms with Gasteiger partial charge in [0.1, 0.15) is 11.7 Å². The summed E-state index contributed by atoms with van der Waals surface area (Å²) in [6.07, 6.45) is 3.16. The molecule has 0 saturated carbocycles. The van der Waals surface area contributed by atoms with Gasteiger partial charge in [-0.2, -0.15) is 0 Å². The molecule has 2 aliphatic carbocycles. The molecule has 5 rings (SSSR count). The number of rotatable bonds is 3. The Morgan fingerprint density at radius 3 is 2.45 bits per heavy atom. The number of methoxy groups -OCH3 is 1. The highest BCUT2D eigenvalue weighted by molar-refractivity contribution is 6.25. The number of ketones is 1. The van der Waals surface area contributed by atoms with Gasteiger partial charge in [-0.3, -0.25) is 9.59 Å². The third kappa shape index (κ3) is 3.35. The smallest absolute Gasteiger partial charge is 0.317 e. The first-order valence-corrected chi connectivity index (χ1v) is 11.1. The van der Waals surface area contributed by atoms with Crippen molar-refractivity contribution in [3.05, 3.63) is 98.0 Å². The molecule has 4 nitrogen and oxygen atoms in total. The van der Waals surface area contributed by atoms with Crippen LogP contribution in [0.15, 0.2) is 54.6 Å². The maximum absolute atomic E-state index is 14.6. The van der Waals surface area contributed by atoms with Crippen LogP contribution in [0.25, 0.3) is 11.6 Å². The highest BCUT2D eigenvalue weighted by Crippen LogP contribution is 2.32. The molecule has 0 fully saturated rings. The van der Waals surface area contributed by atoms with Crippen LogP contribution in [-0.4, -0.2) is 18.9 Å². The van der Waals surface area contributed by atoms with Gasteiger partial charge >= 0.3 is 5.97 Å². The normalized spacial score (nSPS) is 18.5. The first-order chi connectivity index (χ1) is 15.9. The maximum atomic E-state index is 14.6. The van der Waals surface area contributed by atoms with Gasteiger partial charge in [-0.1, -0.05) is 37.3 Å². The minimum Gasteiger partial charge on any atom is -0.468 e. The molecule has 2 unspecified atom stereocenters. The maximum Gasteiger partial charge on any atom is 0.317 e. The summed E-state index contributed by atoms with van der Waals surface area (Å²) in [7, 11) is 1.34. The number of ether oxygens (including phenoxy) is 1. The van der Waals surface area contributed by atoms with Crippen molar-refractivity contribution in [2.24, 2.45) is 5.92 Å². The SMILES string of the molecule is COC(=O)C1C=c2c(F)cccc2=c2ccc3c(c21)CCC(C)C=3C(=O)c1ccc(N)cc1. The summed E-state index contributed by atoms with van der Waals surface area (Å²) in [5.41, 5.74) is 9.49. The number of nitrogen functional groups attached to an aromatic ring is 1. The van der Waals surface area contributed by atoms with E-state index < -0.39 is 11.9 Å². The molecule has 33 heavy (non-hydrogen) atoms. The van der Waals surface area contributed by atoms with E-state index >= 15 is 0 Å². The molecule has 0 radical (unpaired) electrons. The van der Waals surface area contributed by atoms with Crippen LogP contribution in [-0.2, 0) is 16.0 Å². The first kappa shape index (κ1) is 21.1. The standard InChI is InChI=1S/C28H24FNO3/c1-15-6-11-21-20(25(15)27(31)16-7-9-17(30)10-8-16)13-12-19-18-4-3-5-24(29)22(18)14-23(26(19)21)28(32)33-2/h3-5,7-10,12-15,23H,6,11,30H2,1-2H3. The van der Waals surface area contributed by atoms with Gasteiger partial charge in [0, 0.05) is 22.0 Å². The molecule has 0 spiro atoms. The van der Waals surface area contributed by atoms with E-state index in [0.29, 0.717) is 16.5 Å². The van der Waals surface area contributed by atoms with E-state index in [9.17, 15) is 14.0 Å². The van der Waals surface area contributed by atoms with Crippen LogP contribution < -0.4 is 16.2 Å². The number of halogens is 1. The number of hydrogen-bond donors (Lipinski definition) is 1. The average molecular weight is 442 g/mol. The lowest BCUT2D eigenvalue weighted by atomic mass is 9.76. The Morgan fingerprint density at radius 2 is 1.73 bits per heavy atom. The van der Waals surface area contributed by atoms with Crippen LogP contribution in [0.5, 0.6) is 0 Å². The molecule has 3 aromatic carbocycles. The van der Waals surface area contributed by atoms with Gasteiger partial charge in [0.25, 0.3) is 0 Å². The van der Waals surface area contributed by atoms with Gasteiger partial charge in [-0.05, 0) is 75.9 Å². The van der Waals surface area contributed by atoms with Crippen LogP contribution in [0.4, 0.5) is 10.1 Å². The van der Waals surface area contributed by atoms with Crippen molar-refractivity contribution in [2.45, 2.75) is 25.7 Å². The fourth-order valence-corrected chi connectivity index (χ4v) is 5.19. The van der Waals surface area contributed by atoms with Crippen molar-refractivity contribution in [3.8, 4) is 0 Å². The third-order valence-electron chi connectivity index (χ3n) is 6.83. The van der Waals surface area contributed by atoms with Gasteiger partial charge in [0.2, 0.25) is 0 Å². The second-order valence-electron chi connectivity index (χ2n) is 8.73. The minimum atomic E-state index is -0.731. The van der Waals surface area contributed by atoms with Crippen molar-refractivity contribution in [1.29, 1.82) is 0 Å². The van der Waals surface area contributed by atoms with Crippen molar-refractivity contribution in [3.63, 3.8) is 0 Å². The molecular weight excluding hydrogens is 417 g/mol. The van der Waals surface area contributed by atoms with E-state index in [0.717, 1.165) is 45.2 Å². The fraction of sp³-hybridized carbons (Fsp3) is 0.214. The number of carbonyl (C=O) groups excluding carboxylic acids is 2. The number of anilines is 1. The number of Topliss-reactive ketones (excluding diaryl/α,β-unsaturated/α-hetero) is 1. The Bertz CT molecular complexity index is 1520. The lowest BCUT2D eigenvalue weighted by Gasteiger charge is -2.27. The second kappa shape index (κ2) is 8.00. The topological polar surface area (TPSA) is 69.4 Å². The molecule has 2 atom stereocenters. The fourth-order valence-electron chi connectivity index (χ4n) is 5.19. The van der Waals surface area contributed by atoms with Crippen LogP contribution in [0.2, 0.25) is 0 Å². The number of fused-ring (bicyclic) bond motifs is 4. The molecule has 166 valence electrons. The predicted molar refractivity (Wildman–Crippen MR) is 125 cm³/mol.